The zero-order valence-corrected chi connectivity index (χ0v) is 15.1. The van der Waals surface area contributed by atoms with E-state index in [1.54, 1.807) is 24.2 Å². The van der Waals surface area contributed by atoms with Crippen molar-refractivity contribution in [3.63, 3.8) is 0 Å². The number of methoxy groups -OCH3 is 1. The van der Waals surface area contributed by atoms with Gasteiger partial charge < -0.3 is 10.1 Å². The first-order chi connectivity index (χ1) is 12.2. The molecule has 0 amide bonds. The molecule has 0 spiro atoms. The summed E-state index contributed by atoms with van der Waals surface area (Å²) in [5, 5.41) is 8.80. The van der Waals surface area contributed by atoms with Gasteiger partial charge in [-0.3, -0.25) is 4.98 Å². The van der Waals surface area contributed by atoms with Crippen molar-refractivity contribution in [1.82, 2.24) is 14.8 Å². The van der Waals surface area contributed by atoms with Crippen LogP contribution < -0.4 is 10.1 Å². The van der Waals surface area contributed by atoms with E-state index in [2.05, 4.69) is 37.4 Å². The summed E-state index contributed by atoms with van der Waals surface area (Å²) in [5.41, 5.74) is 3.75. The molecule has 0 aliphatic rings. The normalized spacial score (nSPS) is 10.8. The molecule has 1 N–H and O–H groups in total. The molecule has 6 heteroatoms. The maximum Gasteiger partial charge on any atom is 0.123 e. The van der Waals surface area contributed by atoms with E-state index in [1.165, 1.54) is 0 Å². The molecule has 2 heterocycles. The first-order valence-electron chi connectivity index (χ1n) is 7.73. The zero-order valence-electron chi connectivity index (χ0n) is 13.5. The van der Waals surface area contributed by atoms with Crippen LogP contribution in [0, 0.1) is 0 Å². The number of fused-ring (bicyclic) bond motifs is 1. The van der Waals surface area contributed by atoms with Crippen LogP contribution in [0.25, 0.3) is 16.6 Å². The third-order valence-electron chi connectivity index (χ3n) is 3.88. The van der Waals surface area contributed by atoms with E-state index in [4.69, 9.17) is 4.74 Å². The molecule has 4 aromatic rings. The fraction of sp³-hybridized carbons (Fsp3) is 0.0526. The van der Waals surface area contributed by atoms with Gasteiger partial charge >= 0.3 is 0 Å². The molecule has 0 bridgehead atoms. The summed E-state index contributed by atoms with van der Waals surface area (Å²) in [4.78, 5) is 4.42. The molecule has 0 aliphatic heterocycles. The first kappa shape index (κ1) is 15.7. The van der Waals surface area contributed by atoms with Crippen LogP contribution in [-0.2, 0) is 0 Å². The number of aromatic nitrogens is 3. The third kappa shape index (κ3) is 3.21. The highest BCUT2D eigenvalue weighted by molar-refractivity contribution is 9.10. The van der Waals surface area contributed by atoms with Crippen LogP contribution in [0.3, 0.4) is 0 Å². The molecule has 25 heavy (non-hydrogen) atoms. The molecule has 0 saturated carbocycles. The Balaban J connectivity index is 1.78. The van der Waals surface area contributed by atoms with Gasteiger partial charge in [-0.05, 0) is 36.4 Å². The lowest BCUT2D eigenvalue weighted by Gasteiger charge is -2.13. The molecule has 0 atom stereocenters. The molecule has 4 rings (SSSR count). The molecule has 0 radical (unpaired) electrons. The van der Waals surface area contributed by atoms with Gasteiger partial charge in [0.05, 0.1) is 18.3 Å². The van der Waals surface area contributed by atoms with Crippen LogP contribution in [0.4, 0.5) is 11.4 Å². The van der Waals surface area contributed by atoms with Gasteiger partial charge in [0.15, 0.2) is 0 Å². The number of rotatable bonds is 4. The minimum atomic E-state index is 0.759. The van der Waals surface area contributed by atoms with Crippen LogP contribution in [0.1, 0.15) is 0 Å². The SMILES string of the molecule is COc1cc(Nc2ccnc3ccc(Br)cc23)cc(-n2cccn2)c1. The molecule has 5 nitrogen and oxygen atoms in total. The summed E-state index contributed by atoms with van der Waals surface area (Å²) < 4.78 is 8.25. The number of hydrogen-bond acceptors (Lipinski definition) is 4. The molecule has 0 fully saturated rings. The fourth-order valence-electron chi connectivity index (χ4n) is 2.71. The topological polar surface area (TPSA) is 52.0 Å². The van der Waals surface area contributed by atoms with Crippen molar-refractivity contribution in [2.45, 2.75) is 0 Å². The second kappa shape index (κ2) is 6.57. The van der Waals surface area contributed by atoms with Crippen molar-refractivity contribution in [3.8, 4) is 11.4 Å². The van der Waals surface area contributed by atoms with E-state index < -0.39 is 0 Å². The highest BCUT2D eigenvalue weighted by Gasteiger charge is 2.07. The van der Waals surface area contributed by atoms with Gasteiger partial charge in [-0.25, -0.2) is 4.68 Å². The smallest absolute Gasteiger partial charge is 0.123 e. The highest BCUT2D eigenvalue weighted by Crippen LogP contribution is 2.30. The molecular formula is C19H15BrN4O. The fourth-order valence-corrected chi connectivity index (χ4v) is 3.07. The van der Waals surface area contributed by atoms with Gasteiger partial charge in [0.25, 0.3) is 0 Å². The van der Waals surface area contributed by atoms with Crippen LogP contribution in [0.15, 0.2) is 71.6 Å². The van der Waals surface area contributed by atoms with Gasteiger partial charge in [-0.15, -0.1) is 0 Å². The third-order valence-corrected chi connectivity index (χ3v) is 4.37. The summed E-state index contributed by atoms with van der Waals surface area (Å²) in [5.74, 6) is 0.759. The first-order valence-corrected chi connectivity index (χ1v) is 8.52. The summed E-state index contributed by atoms with van der Waals surface area (Å²) in [7, 11) is 1.66. The van der Waals surface area contributed by atoms with E-state index in [0.717, 1.165) is 38.2 Å². The minimum Gasteiger partial charge on any atom is -0.497 e. The number of hydrogen-bond donors (Lipinski definition) is 1. The van der Waals surface area contributed by atoms with Crippen molar-refractivity contribution in [3.05, 3.63) is 71.6 Å². The Labute approximate surface area is 153 Å². The van der Waals surface area contributed by atoms with Gasteiger partial charge in [0.2, 0.25) is 0 Å². The Morgan fingerprint density at radius 2 is 2.00 bits per heavy atom. The van der Waals surface area contributed by atoms with Crippen LogP contribution in [-0.4, -0.2) is 21.9 Å². The van der Waals surface area contributed by atoms with Crippen LogP contribution in [0.5, 0.6) is 5.75 Å². The average molecular weight is 395 g/mol. The largest absolute Gasteiger partial charge is 0.497 e. The predicted molar refractivity (Wildman–Crippen MR) is 103 cm³/mol. The maximum absolute atomic E-state index is 5.44. The van der Waals surface area contributed by atoms with E-state index in [-0.39, 0.29) is 0 Å². The number of benzene rings is 2. The second-order valence-corrected chi connectivity index (χ2v) is 6.43. The standard InChI is InChI=1S/C19H15BrN4O/c1-25-16-11-14(10-15(12-16)24-8-2-6-22-24)23-19-5-7-21-18-4-3-13(20)9-17(18)19/h2-12H,1H3,(H,21,23). The van der Waals surface area contributed by atoms with E-state index in [9.17, 15) is 0 Å². The van der Waals surface area contributed by atoms with Gasteiger partial charge in [-0.1, -0.05) is 15.9 Å². The number of nitrogens with zero attached hydrogens (tertiary/aromatic N) is 3. The Bertz CT molecular complexity index is 1030. The molecule has 124 valence electrons. The lowest BCUT2D eigenvalue weighted by atomic mass is 10.1. The van der Waals surface area contributed by atoms with Crippen molar-refractivity contribution < 1.29 is 4.74 Å². The van der Waals surface area contributed by atoms with Crippen molar-refractivity contribution in [1.29, 1.82) is 0 Å². The molecule has 2 aromatic heterocycles. The Kier molecular flexibility index (Phi) is 4.11. The summed E-state index contributed by atoms with van der Waals surface area (Å²) >= 11 is 3.53. The summed E-state index contributed by atoms with van der Waals surface area (Å²) in [6, 6.07) is 15.8. The van der Waals surface area contributed by atoms with Gasteiger partial charge in [-0.2, -0.15) is 5.10 Å². The van der Waals surface area contributed by atoms with Crippen LogP contribution >= 0.6 is 15.9 Å². The number of pyridine rings is 1. The highest BCUT2D eigenvalue weighted by atomic mass is 79.9. The number of ether oxygens (including phenoxy) is 1. The van der Waals surface area contributed by atoms with E-state index >= 15 is 0 Å². The van der Waals surface area contributed by atoms with Gasteiger partial charge in [0.1, 0.15) is 5.75 Å². The number of halogens is 1. The molecule has 0 unspecified atom stereocenters. The lowest BCUT2D eigenvalue weighted by Crippen LogP contribution is -1.99. The predicted octanol–water partition coefficient (Wildman–Crippen LogP) is 4.94. The van der Waals surface area contributed by atoms with Crippen molar-refractivity contribution in [2.75, 3.05) is 12.4 Å². The Morgan fingerprint density at radius 3 is 2.80 bits per heavy atom. The van der Waals surface area contributed by atoms with Crippen molar-refractivity contribution >= 4 is 38.2 Å². The Hall–Kier alpha value is -2.86. The lowest BCUT2D eigenvalue weighted by molar-refractivity contribution is 0.414. The Morgan fingerprint density at radius 1 is 1.08 bits per heavy atom. The molecular weight excluding hydrogens is 380 g/mol. The van der Waals surface area contributed by atoms with Gasteiger partial charge in [0, 0.05) is 52.0 Å². The molecule has 2 aromatic carbocycles. The monoisotopic (exact) mass is 394 g/mol. The number of nitrogens with one attached hydrogen (secondary N) is 1. The quantitative estimate of drug-likeness (QED) is 0.532. The zero-order chi connectivity index (χ0) is 17.2. The summed E-state index contributed by atoms with van der Waals surface area (Å²) in [6.07, 6.45) is 5.45. The van der Waals surface area contributed by atoms with E-state index in [0.29, 0.717) is 0 Å². The molecule has 0 aliphatic carbocycles. The second-order valence-electron chi connectivity index (χ2n) is 5.52. The van der Waals surface area contributed by atoms with Crippen LogP contribution in [0.2, 0.25) is 0 Å². The molecule has 0 saturated heterocycles. The van der Waals surface area contributed by atoms with Crippen molar-refractivity contribution in [2.24, 2.45) is 0 Å². The number of anilines is 2. The summed E-state index contributed by atoms with van der Waals surface area (Å²) in [6.45, 7) is 0. The maximum atomic E-state index is 5.44. The minimum absolute atomic E-state index is 0.759. The van der Waals surface area contributed by atoms with E-state index in [1.807, 2.05) is 48.7 Å². The average Bonchev–Trinajstić information content (AvgIpc) is 3.17.